The SMILES string of the molecule is Cc1ccc(Br)cc1S(=O)(=O)N1CCNC[C@H]1C.Cl. The van der Waals surface area contributed by atoms with E-state index >= 15 is 0 Å². The number of nitrogens with zero attached hydrogens (tertiary/aromatic N) is 1. The molecule has 0 spiro atoms. The van der Waals surface area contributed by atoms with Gasteiger partial charge in [0, 0.05) is 30.1 Å². The average Bonchev–Trinajstić information content (AvgIpc) is 2.32. The van der Waals surface area contributed by atoms with Gasteiger partial charge in [-0.15, -0.1) is 12.4 Å². The van der Waals surface area contributed by atoms with E-state index in [-0.39, 0.29) is 18.4 Å². The van der Waals surface area contributed by atoms with Crippen LogP contribution >= 0.6 is 28.3 Å². The van der Waals surface area contributed by atoms with Gasteiger partial charge in [0.15, 0.2) is 0 Å². The van der Waals surface area contributed by atoms with Gasteiger partial charge in [-0.25, -0.2) is 8.42 Å². The van der Waals surface area contributed by atoms with E-state index in [2.05, 4.69) is 21.2 Å². The highest BCUT2D eigenvalue weighted by molar-refractivity contribution is 9.10. The van der Waals surface area contributed by atoms with Crippen LogP contribution in [0.25, 0.3) is 0 Å². The smallest absolute Gasteiger partial charge is 0.243 e. The first kappa shape index (κ1) is 16.9. The number of nitrogens with one attached hydrogen (secondary N) is 1. The quantitative estimate of drug-likeness (QED) is 0.869. The van der Waals surface area contributed by atoms with Crippen LogP contribution in [-0.2, 0) is 10.0 Å². The van der Waals surface area contributed by atoms with Crippen LogP contribution in [0.4, 0.5) is 0 Å². The summed E-state index contributed by atoms with van der Waals surface area (Å²) in [6.45, 7) is 5.68. The molecular formula is C12H18BrClN2O2S. The summed E-state index contributed by atoms with van der Waals surface area (Å²) in [4.78, 5) is 0.394. The highest BCUT2D eigenvalue weighted by Crippen LogP contribution is 2.25. The third kappa shape index (κ3) is 3.49. The van der Waals surface area contributed by atoms with Crippen molar-refractivity contribution < 1.29 is 8.42 Å². The van der Waals surface area contributed by atoms with Crippen LogP contribution in [-0.4, -0.2) is 38.4 Å². The Hall–Kier alpha value is -0.140. The number of rotatable bonds is 2. The number of benzene rings is 1. The summed E-state index contributed by atoms with van der Waals surface area (Å²) in [7, 11) is -3.40. The molecule has 19 heavy (non-hydrogen) atoms. The number of hydrogen-bond donors (Lipinski definition) is 1. The molecule has 1 atom stereocenters. The van der Waals surface area contributed by atoms with Crippen LogP contribution < -0.4 is 5.32 Å². The minimum atomic E-state index is -3.40. The lowest BCUT2D eigenvalue weighted by Gasteiger charge is -2.33. The fraction of sp³-hybridized carbons (Fsp3) is 0.500. The maximum Gasteiger partial charge on any atom is 0.243 e. The van der Waals surface area contributed by atoms with Crippen molar-refractivity contribution in [2.75, 3.05) is 19.6 Å². The van der Waals surface area contributed by atoms with Crippen molar-refractivity contribution in [1.29, 1.82) is 0 Å². The van der Waals surface area contributed by atoms with Gasteiger partial charge in [0.1, 0.15) is 0 Å². The van der Waals surface area contributed by atoms with Gasteiger partial charge >= 0.3 is 0 Å². The maximum absolute atomic E-state index is 12.6. The van der Waals surface area contributed by atoms with Crippen molar-refractivity contribution in [3.63, 3.8) is 0 Å². The maximum atomic E-state index is 12.6. The Bertz CT molecular complexity index is 551. The molecule has 0 saturated carbocycles. The topological polar surface area (TPSA) is 49.4 Å². The molecule has 1 aromatic rings. The Labute approximate surface area is 129 Å². The van der Waals surface area contributed by atoms with E-state index in [0.29, 0.717) is 24.5 Å². The number of piperazine rings is 1. The minimum Gasteiger partial charge on any atom is -0.314 e. The molecule has 0 aliphatic carbocycles. The molecule has 0 aromatic heterocycles. The van der Waals surface area contributed by atoms with E-state index in [1.807, 2.05) is 26.0 Å². The predicted octanol–water partition coefficient (Wildman–Crippen LogP) is 2.16. The van der Waals surface area contributed by atoms with E-state index in [0.717, 1.165) is 10.0 Å². The number of halogens is 2. The van der Waals surface area contributed by atoms with Crippen LogP contribution in [0.5, 0.6) is 0 Å². The van der Waals surface area contributed by atoms with Gasteiger partial charge in [-0.3, -0.25) is 0 Å². The molecule has 2 rings (SSSR count). The van der Waals surface area contributed by atoms with Gasteiger partial charge < -0.3 is 5.32 Å². The summed E-state index contributed by atoms with van der Waals surface area (Å²) in [6, 6.07) is 5.35. The van der Waals surface area contributed by atoms with Crippen LogP contribution in [0, 0.1) is 6.92 Å². The van der Waals surface area contributed by atoms with Gasteiger partial charge in [0.25, 0.3) is 0 Å². The molecule has 1 fully saturated rings. The van der Waals surface area contributed by atoms with Gasteiger partial charge in [-0.2, -0.15) is 4.31 Å². The number of aryl methyl sites for hydroxylation is 1. The first-order valence-electron chi connectivity index (χ1n) is 5.91. The molecule has 1 aliphatic rings. The van der Waals surface area contributed by atoms with Crippen LogP contribution in [0.15, 0.2) is 27.6 Å². The van der Waals surface area contributed by atoms with E-state index in [4.69, 9.17) is 0 Å². The molecule has 1 saturated heterocycles. The van der Waals surface area contributed by atoms with Gasteiger partial charge in [-0.05, 0) is 31.5 Å². The predicted molar refractivity (Wildman–Crippen MR) is 82.4 cm³/mol. The van der Waals surface area contributed by atoms with Crippen molar-refractivity contribution in [2.45, 2.75) is 24.8 Å². The summed E-state index contributed by atoms with van der Waals surface area (Å²) in [5.41, 5.74) is 0.781. The van der Waals surface area contributed by atoms with Crippen molar-refractivity contribution >= 4 is 38.4 Å². The Morgan fingerprint density at radius 3 is 2.74 bits per heavy atom. The van der Waals surface area contributed by atoms with Gasteiger partial charge in [0.2, 0.25) is 10.0 Å². The lowest BCUT2D eigenvalue weighted by atomic mass is 10.2. The van der Waals surface area contributed by atoms with Crippen molar-refractivity contribution in [3.8, 4) is 0 Å². The zero-order valence-corrected chi connectivity index (χ0v) is 14.1. The second-order valence-electron chi connectivity index (χ2n) is 4.58. The summed E-state index contributed by atoms with van der Waals surface area (Å²) in [6.07, 6.45) is 0. The van der Waals surface area contributed by atoms with Crippen LogP contribution in [0.1, 0.15) is 12.5 Å². The third-order valence-electron chi connectivity index (χ3n) is 3.18. The Morgan fingerprint density at radius 2 is 2.11 bits per heavy atom. The molecule has 4 nitrogen and oxygen atoms in total. The monoisotopic (exact) mass is 368 g/mol. The average molecular weight is 370 g/mol. The largest absolute Gasteiger partial charge is 0.314 e. The molecule has 0 radical (unpaired) electrons. The molecule has 0 bridgehead atoms. The van der Waals surface area contributed by atoms with Gasteiger partial charge in [-0.1, -0.05) is 22.0 Å². The Kier molecular flexibility index (Phi) is 5.82. The minimum absolute atomic E-state index is 0. The molecule has 0 amide bonds. The summed E-state index contributed by atoms with van der Waals surface area (Å²) < 4.78 is 27.7. The van der Waals surface area contributed by atoms with Crippen molar-refractivity contribution in [1.82, 2.24) is 9.62 Å². The van der Waals surface area contributed by atoms with Crippen LogP contribution in [0.3, 0.4) is 0 Å². The number of sulfonamides is 1. The summed E-state index contributed by atoms with van der Waals surface area (Å²) in [5, 5.41) is 3.20. The van der Waals surface area contributed by atoms with E-state index in [1.54, 1.807) is 10.4 Å². The Morgan fingerprint density at radius 1 is 1.42 bits per heavy atom. The highest BCUT2D eigenvalue weighted by Gasteiger charge is 2.31. The molecule has 0 unspecified atom stereocenters. The standard InChI is InChI=1S/C12H17BrN2O2S.ClH/c1-9-3-4-11(13)7-12(9)18(16,17)15-6-5-14-8-10(15)2;/h3-4,7,10,14H,5-6,8H2,1-2H3;1H/t10-;/m1./s1. The summed E-state index contributed by atoms with van der Waals surface area (Å²) >= 11 is 3.33. The fourth-order valence-electron chi connectivity index (χ4n) is 2.16. The molecular weight excluding hydrogens is 352 g/mol. The number of hydrogen-bond acceptors (Lipinski definition) is 3. The zero-order valence-electron chi connectivity index (χ0n) is 10.9. The zero-order chi connectivity index (χ0) is 13.3. The first-order valence-corrected chi connectivity index (χ1v) is 8.15. The van der Waals surface area contributed by atoms with E-state index in [9.17, 15) is 8.42 Å². The molecule has 1 N–H and O–H groups in total. The van der Waals surface area contributed by atoms with E-state index < -0.39 is 10.0 Å². The van der Waals surface area contributed by atoms with Gasteiger partial charge in [0.05, 0.1) is 4.90 Å². The molecule has 1 heterocycles. The second kappa shape index (κ2) is 6.54. The molecule has 108 valence electrons. The van der Waals surface area contributed by atoms with Crippen molar-refractivity contribution in [2.24, 2.45) is 0 Å². The third-order valence-corrected chi connectivity index (χ3v) is 5.83. The molecule has 1 aromatic carbocycles. The van der Waals surface area contributed by atoms with E-state index in [1.165, 1.54) is 0 Å². The lowest BCUT2D eigenvalue weighted by molar-refractivity contribution is 0.283. The lowest BCUT2D eigenvalue weighted by Crippen LogP contribution is -2.52. The van der Waals surface area contributed by atoms with Crippen LogP contribution in [0.2, 0.25) is 0 Å². The molecule has 1 aliphatic heterocycles. The highest BCUT2D eigenvalue weighted by atomic mass is 79.9. The van der Waals surface area contributed by atoms with Crippen molar-refractivity contribution in [3.05, 3.63) is 28.2 Å². The Balaban J connectivity index is 0.00000180. The fourth-order valence-corrected chi connectivity index (χ4v) is 4.55. The second-order valence-corrected chi connectivity index (χ2v) is 7.35. The first-order chi connectivity index (χ1) is 8.43. The summed E-state index contributed by atoms with van der Waals surface area (Å²) in [5.74, 6) is 0. The molecule has 7 heteroatoms. The normalized spacial score (nSPS) is 20.9.